The summed E-state index contributed by atoms with van der Waals surface area (Å²) in [6.07, 6.45) is 9.16. The molecule has 0 fully saturated rings. The van der Waals surface area contributed by atoms with Gasteiger partial charge in [0.15, 0.2) is 0 Å². The molecule has 0 unspecified atom stereocenters. The van der Waals surface area contributed by atoms with Crippen LogP contribution in [0.4, 0.5) is 11.4 Å². The van der Waals surface area contributed by atoms with Crippen LogP contribution in [0.1, 0.15) is 66.8 Å². The van der Waals surface area contributed by atoms with Crippen molar-refractivity contribution in [3.8, 4) is 0 Å². The van der Waals surface area contributed by atoms with Gasteiger partial charge in [0.25, 0.3) is 0 Å². The van der Waals surface area contributed by atoms with Crippen LogP contribution in [0.2, 0.25) is 0 Å². The third-order valence-corrected chi connectivity index (χ3v) is 9.94. The molecule has 0 radical (unpaired) electrons. The molecule has 0 N–H and O–H groups in total. The molecular weight excluding hydrogens is 532 g/mol. The van der Waals surface area contributed by atoms with Crippen molar-refractivity contribution in [2.75, 3.05) is 38.0 Å². The van der Waals surface area contributed by atoms with E-state index < -0.39 is 0 Å². The molecule has 5 rings (SSSR count). The fraction of sp³-hybridized carbons (Fsp3) is 0.286. The highest BCUT2D eigenvalue weighted by molar-refractivity contribution is 6.12. The summed E-state index contributed by atoms with van der Waals surface area (Å²) in [5, 5.41) is 5.65. The number of aryl methyl sites for hydroxylation is 6. The summed E-state index contributed by atoms with van der Waals surface area (Å²) in [4.78, 5) is 4.28. The van der Waals surface area contributed by atoms with Crippen molar-refractivity contribution in [1.29, 1.82) is 0 Å². The zero-order valence-electron chi connectivity index (χ0n) is 28.8. The quantitative estimate of drug-likeness (QED) is 0.146. The largest absolute Gasteiger partial charge is 0.378 e. The van der Waals surface area contributed by atoms with Crippen molar-refractivity contribution in [2.24, 2.45) is 0 Å². The van der Waals surface area contributed by atoms with Crippen LogP contribution >= 0.6 is 0 Å². The first-order valence-corrected chi connectivity index (χ1v) is 15.7. The number of hydrogen-bond acceptors (Lipinski definition) is 2. The van der Waals surface area contributed by atoms with Gasteiger partial charge in [-0.15, -0.1) is 0 Å². The van der Waals surface area contributed by atoms with Crippen molar-refractivity contribution in [1.82, 2.24) is 0 Å². The van der Waals surface area contributed by atoms with Crippen LogP contribution in [0.15, 0.2) is 48.5 Å². The highest BCUT2D eigenvalue weighted by Crippen LogP contribution is 2.43. The summed E-state index contributed by atoms with van der Waals surface area (Å²) in [7, 11) is 8.32. The second-order valence-electron chi connectivity index (χ2n) is 13.0. The van der Waals surface area contributed by atoms with E-state index in [4.69, 9.17) is 0 Å². The minimum Gasteiger partial charge on any atom is -0.378 e. The summed E-state index contributed by atoms with van der Waals surface area (Å²) in [5.74, 6) is 0. The lowest BCUT2D eigenvalue weighted by Crippen LogP contribution is -2.07. The smallest absolute Gasteiger partial charge is 0.0361 e. The van der Waals surface area contributed by atoms with Crippen LogP contribution < -0.4 is 9.80 Å². The van der Waals surface area contributed by atoms with E-state index in [0.717, 1.165) is 0 Å². The van der Waals surface area contributed by atoms with Crippen LogP contribution in [0.3, 0.4) is 0 Å². The fourth-order valence-corrected chi connectivity index (χ4v) is 7.11. The molecule has 0 aliphatic heterocycles. The molecule has 5 aromatic rings. The Balaban J connectivity index is 1.69. The lowest BCUT2D eigenvalue weighted by Gasteiger charge is -2.24. The number of fused-ring (bicyclic) bond motifs is 2. The van der Waals surface area contributed by atoms with Gasteiger partial charge in [0.2, 0.25) is 0 Å². The van der Waals surface area contributed by atoms with E-state index >= 15 is 0 Å². The lowest BCUT2D eigenvalue weighted by molar-refractivity contribution is 1.13. The fourth-order valence-electron chi connectivity index (χ4n) is 7.11. The molecule has 0 amide bonds. The first-order chi connectivity index (χ1) is 20.8. The first kappa shape index (κ1) is 31.1. The Bertz CT molecular complexity index is 1800. The highest BCUT2D eigenvalue weighted by Gasteiger charge is 2.21. The predicted octanol–water partition coefficient (Wildman–Crippen LogP) is 10.9. The van der Waals surface area contributed by atoms with Gasteiger partial charge < -0.3 is 9.80 Å². The minimum absolute atomic E-state index is 1.22. The maximum atomic E-state index is 2.34. The van der Waals surface area contributed by atoms with Gasteiger partial charge in [0.1, 0.15) is 0 Å². The van der Waals surface area contributed by atoms with E-state index in [-0.39, 0.29) is 0 Å². The maximum Gasteiger partial charge on any atom is 0.0361 e. The normalized spacial score (nSPS) is 11.9. The molecule has 226 valence electrons. The minimum atomic E-state index is 1.22. The summed E-state index contributed by atoms with van der Waals surface area (Å²) < 4.78 is 0. The van der Waals surface area contributed by atoms with Crippen LogP contribution in [0.5, 0.6) is 0 Å². The monoisotopic (exact) mass is 580 g/mol. The van der Waals surface area contributed by atoms with Gasteiger partial charge in [-0.25, -0.2) is 0 Å². The van der Waals surface area contributed by atoms with Gasteiger partial charge in [-0.1, -0.05) is 48.6 Å². The highest BCUT2D eigenvalue weighted by atomic mass is 15.1. The zero-order chi connectivity index (χ0) is 32.0. The molecule has 0 aromatic heterocycles. The van der Waals surface area contributed by atoms with Crippen LogP contribution in [0.25, 0.3) is 45.8 Å². The molecule has 0 spiro atoms. The Kier molecular flexibility index (Phi) is 8.49. The molecule has 0 atom stereocenters. The second kappa shape index (κ2) is 12.0. The number of anilines is 2. The van der Waals surface area contributed by atoms with Gasteiger partial charge in [-0.05, 0) is 168 Å². The van der Waals surface area contributed by atoms with Crippen molar-refractivity contribution in [3.63, 3.8) is 0 Å². The molecule has 0 aliphatic rings. The van der Waals surface area contributed by atoms with Gasteiger partial charge in [-0.2, -0.15) is 0 Å². The average molecular weight is 581 g/mol. The molecular formula is C42H48N2. The molecule has 44 heavy (non-hydrogen) atoms. The summed E-state index contributed by atoms with van der Waals surface area (Å²) >= 11 is 0. The average Bonchev–Trinajstić information content (AvgIpc) is 2.99. The summed E-state index contributed by atoms with van der Waals surface area (Å²) in [6, 6.07) is 17.5. The maximum absolute atomic E-state index is 2.34. The van der Waals surface area contributed by atoms with Crippen LogP contribution in [-0.2, 0) is 0 Å². The summed E-state index contributed by atoms with van der Waals surface area (Å²) in [6.45, 7) is 18.5. The Morgan fingerprint density at radius 1 is 0.341 bits per heavy atom. The molecule has 2 heteroatoms. The third-order valence-electron chi connectivity index (χ3n) is 9.94. The SMILES string of the molecule is Cc1c(C=Cc2ccc(N(C)C)cc2)c(C)c2c(C)c3c(C)c(C)c(C=Cc4ccc(N(C)C)cc4)c(C)c3c(C)c2c1C. The zero-order valence-corrected chi connectivity index (χ0v) is 28.8. The molecule has 0 saturated carbocycles. The number of hydrogen-bond donors (Lipinski definition) is 0. The first-order valence-electron chi connectivity index (χ1n) is 15.7. The van der Waals surface area contributed by atoms with Crippen molar-refractivity contribution in [3.05, 3.63) is 115 Å². The Hall–Kier alpha value is -4.30. The van der Waals surface area contributed by atoms with Crippen LogP contribution in [-0.4, -0.2) is 28.2 Å². The Morgan fingerprint density at radius 2 is 0.636 bits per heavy atom. The van der Waals surface area contributed by atoms with Gasteiger partial charge in [-0.3, -0.25) is 0 Å². The lowest BCUT2D eigenvalue weighted by atomic mass is 9.80. The Morgan fingerprint density at radius 3 is 0.932 bits per heavy atom. The summed E-state index contributed by atoms with van der Waals surface area (Å²) in [5.41, 5.74) is 18.5. The molecule has 0 bridgehead atoms. The molecule has 0 heterocycles. The van der Waals surface area contributed by atoms with E-state index in [1.54, 1.807) is 0 Å². The van der Waals surface area contributed by atoms with E-state index in [1.807, 2.05) is 0 Å². The van der Waals surface area contributed by atoms with E-state index in [9.17, 15) is 0 Å². The Labute approximate surface area is 265 Å². The molecule has 0 aliphatic carbocycles. The molecule has 5 aromatic carbocycles. The van der Waals surface area contributed by atoms with Crippen LogP contribution in [0, 0.1) is 55.4 Å². The van der Waals surface area contributed by atoms with Crippen molar-refractivity contribution >= 4 is 57.2 Å². The molecule has 2 nitrogen and oxygen atoms in total. The van der Waals surface area contributed by atoms with E-state index in [2.05, 4.69) is 166 Å². The third kappa shape index (κ3) is 5.32. The number of rotatable bonds is 6. The van der Waals surface area contributed by atoms with Gasteiger partial charge >= 0.3 is 0 Å². The molecule has 0 saturated heterocycles. The van der Waals surface area contributed by atoms with E-state index in [0.29, 0.717) is 0 Å². The number of benzene rings is 5. The second-order valence-corrected chi connectivity index (χ2v) is 13.0. The number of nitrogens with zero attached hydrogens (tertiary/aromatic N) is 2. The van der Waals surface area contributed by atoms with Crippen molar-refractivity contribution < 1.29 is 0 Å². The predicted molar refractivity (Wildman–Crippen MR) is 199 cm³/mol. The van der Waals surface area contributed by atoms with E-state index in [1.165, 1.54) is 99.7 Å². The standard InChI is InChI=1S/C42H48N2/c1-25-27(3)39-31(7)42-30(6)38(24-18-34-15-21-36(22-16-34)44(11)12)26(2)28(4)40(42)32(8)41(39)29(5)37(25)23-17-33-13-19-35(20-14-33)43(9)10/h13-24H,1-12H3. The van der Waals surface area contributed by atoms with Gasteiger partial charge in [0.05, 0.1) is 0 Å². The van der Waals surface area contributed by atoms with Crippen molar-refractivity contribution in [2.45, 2.75) is 55.4 Å². The van der Waals surface area contributed by atoms with Gasteiger partial charge in [0, 0.05) is 39.6 Å². The topological polar surface area (TPSA) is 6.48 Å².